The monoisotopic (exact) mass is 409 g/mol. The van der Waals surface area contributed by atoms with Crippen LogP contribution in [-0.2, 0) is 4.74 Å². The van der Waals surface area contributed by atoms with Crippen molar-refractivity contribution in [3.8, 4) is 5.75 Å². The zero-order valence-corrected chi connectivity index (χ0v) is 17.1. The third-order valence-electron chi connectivity index (χ3n) is 4.37. The first-order chi connectivity index (χ1) is 13.2. The predicted octanol–water partition coefficient (Wildman–Crippen LogP) is 2.10. The van der Waals surface area contributed by atoms with Gasteiger partial charge in [0.05, 0.1) is 43.1 Å². The molecule has 1 saturated heterocycles. The first-order valence-corrected chi connectivity index (χ1v) is 9.32. The van der Waals surface area contributed by atoms with E-state index >= 15 is 0 Å². The second-order valence-electron chi connectivity index (χ2n) is 7.51. The van der Waals surface area contributed by atoms with Gasteiger partial charge in [-0.15, -0.1) is 0 Å². The molecule has 3 rings (SSSR count). The van der Waals surface area contributed by atoms with Crippen molar-refractivity contribution in [1.29, 1.82) is 0 Å². The van der Waals surface area contributed by atoms with Crippen LogP contribution in [0.1, 0.15) is 20.8 Å². The number of aliphatic hydroxyl groups is 1. The number of ether oxygens (including phenoxy) is 2. The molecule has 1 aliphatic heterocycles. The van der Waals surface area contributed by atoms with Gasteiger partial charge in [0.25, 0.3) is 0 Å². The third kappa shape index (κ3) is 4.20. The van der Waals surface area contributed by atoms with E-state index in [9.17, 15) is 9.90 Å². The Kier molecular flexibility index (Phi) is 5.76. The fourth-order valence-electron chi connectivity index (χ4n) is 3.16. The number of carbonyl (C=O) groups is 1. The maximum absolute atomic E-state index is 12.5. The normalized spacial score (nSPS) is 17.7. The summed E-state index contributed by atoms with van der Waals surface area (Å²) in [7, 11) is 1.55. The predicted molar refractivity (Wildman–Crippen MR) is 105 cm³/mol. The molecular formula is C18H24ClN5O4. The van der Waals surface area contributed by atoms with Crippen LogP contribution in [0.2, 0.25) is 5.28 Å². The maximum atomic E-state index is 12.5. The average Bonchev–Trinajstić information content (AvgIpc) is 2.64. The Hall–Kier alpha value is -2.39. The van der Waals surface area contributed by atoms with Gasteiger partial charge < -0.3 is 19.5 Å². The van der Waals surface area contributed by atoms with Gasteiger partial charge in [-0.1, -0.05) is 0 Å². The van der Waals surface area contributed by atoms with E-state index in [0.717, 1.165) is 0 Å². The second kappa shape index (κ2) is 7.92. The van der Waals surface area contributed by atoms with Crippen molar-refractivity contribution in [3.05, 3.63) is 17.7 Å². The van der Waals surface area contributed by atoms with Crippen LogP contribution in [0.4, 0.5) is 10.6 Å². The van der Waals surface area contributed by atoms with Crippen molar-refractivity contribution in [3.63, 3.8) is 0 Å². The van der Waals surface area contributed by atoms with Crippen molar-refractivity contribution in [2.45, 2.75) is 32.4 Å². The summed E-state index contributed by atoms with van der Waals surface area (Å²) < 4.78 is 10.9. The highest BCUT2D eigenvalue weighted by atomic mass is 35.5. The number of carbonyl (C=O) groups excluding carboxylic acids is 1. The largest absolute Gasteiger partial charge is 0.494 e. The molecule has 0 saturated carbocycles. The van der Waals surface area contributed by atoms with E-state index in [1.165, 1.54) is 0 Å². The standard InChI is InChI=1S/C18H24ClN5O4/c1-18(2,3)28-17(26)24-6-5-23(9-11(24)10-25)15-14-12(21-16(19)22-15)7-20-8-13(14)27-4/h7-8,11,25H,5-6,9-10H2,1-4H3. The summed E-state index contributed by atoms with van der Waals surface area (Å²) in [6.07, 6.45) is 2.73. The number of halogens is 1. The Labute approximate surface area is 168 Å². The van der Waals surface area contributed by atoms with Crippen molar-refractivity contribution >= 4 is 34.4 Å². The van der Waals surface area contributed by atoms with E-state index in [1.807, 2.05) is 25.7 Å². The number of aromatic nitrogens is 3. The lowest BCUT2D eigenvalue weighted by Gasteiger charge is -2.41. The van der Waals surface area contributed by atoms with Crippen LogP contribution in [0.25, 0.3) is 10.9 Å². The summed E-state index contributed by atoms with van der Waals surface area (Å²) in [5.41, 5.74) is -0.0465. The zero-order valence-electron chi connectivity index (χ0n) is 16.3. The van der Waals surface area contributed by atoms with Crippen molar-refractivity contribution in [2.75, 3.05) is 38.3 Å². The quantitative estimate of drug-likeness (QED) is 0.769. The van der Waals surface area contributed by atoms with E-state index in [2.05, 4.69) is 15.0 Å². The molecule has 0 aromatic carbocycles. The summed E-state index contributed by atoms with van der Waals surface area (Å²) in [6.45, 7) is 6.45. The summed E-state index contributed by atoms with van der Waals surface area (Å²) in [6, 6.07) is -0.444. The molecule has 1 aliphatic rings. The Bertz CT molecular complexity index is 873. The molecule has 2 aromatic rings. The third-order valence-corrected chi connectivity index (χ3v) is 4.54. The number of aliphatic hydroxyl groups excluding tert-OH is 1. The number of methoxy groups -OCH3 is 1. The molecule has 3 heterocycles. The van der Waals surface area contributed by atoms with Gasteiger partial charge in [0.1, 0.15) is 17.2 Å². The molecule has 0 radical (unpaired) electrons. The molecule has 152 valence electrons. The van der Waals surface area contributed by atoms with E-state index < -0.39 is 17.7 Å². The highest BCUT2D eigenvalue weighted by molar-refractivity contribution is 6.29. The number of amides is 1. The molecule has 1 fully saturated rings. The number of rotatable bonds is 3. The number of fused-ring (bicyclic) bond motifs is 1. The topological polar surface area (TPSA) is 101 Å². The zero-order chi connectivity index (χ0) is 20.5. The van der Waals surface area contributed by atoms with Gasteiger partial charge in [0.15, 0.2) is 0 Å². The number of hydrogen-bond donors (Lipinski definition) is 1. The Balaban J connectivity index is 1.92. The van der Waals surface area contributed by atoms with Crippen LogP contribution in [0, 0.1) is 0 Å². The fourth-order valence-corrected chi connectivity index (χ4v) is 3.33. The molecular weight excluding hydrogens is 386 g/mol. The number of piperazine rings is 1. The van der Waals surface area contributed by atoms with Crippen LogP contribution in [0.3, 0.4) is 0 Å². The van der Waals surface area contributed by atoms with Crippen LogP contribution >= 0.6 is 11.6 Å². The number of nitrogens with zero attached hydrogens (tertiary/aromatic N) is 5. The molecule has 2 aromatic heterocycles. The number of pyridine rings is 1. The molecule has 9 nitrogen and oxygen atoms in total. The van der Waals surface area contributed by atoms with Gasteiger partial charge in [-0.25, -0.2) is 9.78 Å². The fraction of sp³-hybridized carbons (Fsp3) is 0.556. The SMILES string of the molecule is COc1cncc2nc(Cl)nc(N3CCN(C(=O)OC(C)(C)C)C(CO)C3)c12. The maximum Gasteiger partial charge on any atom is 0.410 e. The summed E-state index contributed by atoms with van der Waals surface area (Å²) in [4.78, 5) is 28.7. The molecule has 1 N–H and O–H groups in total. The van der Waals surface area contributed by atoms with Gasteiger partial charge in [0, 0.05) is 19.6 Å². The van der Waals surface area contributed by atoms with Crippen LogP contribution < -0.4 is 9.64 Å². The minimum Gasteiger partial charge on any atom is -0.494 e. The van der Waals surface area contributed by atoms with Crippen molar-refractivity contribution < 1.29 is 19.4 Å². The molecule has 1 unspecified atom stereocenters. The van der Waals surface area contributed by atoms with Crippen LogP contribution in [-0.4, -0.2) is 76.0 Å². The van der Waals surface area contributed by atoms with E-state index in [-0.39, 0.29) is 11.9 Å². The summed E-state index contributed by atoms with van der Waals surface area (Å²) in [5.74, 6) is 1.11. The van der Waals surface area contributed by atoms with E-state index in [0.29, 0.717) is 42.1 Å². The second-order valence-corrected chi connectivity index (χ2v) is 7.85. The van der Waals surface area contributed by atoms with E-state index in [1.54, 1.807) is 24.4 Å². The number of hydrogen-bond acceptors (Lipinski definition) is 8. The Morgan fingerprint density at radius 2 is 2.07 bits per heavy atom. The highest BCUT2D eigenvalue weighted by Gasteiger charge is 2.34. The Morgan fingerprint density at radius 1 is 1.32 bits per heavy atom. The number of anilines is 1. The molecule has 0 spiro atoms. The molecule has 10 heteroatoms. The van der Waals surface area contributed by atoms with Crippen molar-refractivity contribution in [1.82, 2.24) is 19.9 Å². The molecule has 1 amide bonds. The summed E-state index contributed by atoms with van der Waals surface area (Å²) >= 11 is 6.11. The minimum atomic E-state index is -0.606. The summed E-state index contributed by atoms with van der Waals surface area (Å²) in [5, 5.41) is 10.6. The molecule has 0 bridgehead atoms. The molecule has 0 aliphatic carbocycles. The molecule has 28 heavy (non-hydrogen) atoms. The van der Waals surface area contributed by atoms with Crippen LogP contribution in [0.5, 0.6) is 5.75 Å². The van der Waals surface area contributed by atoms with Gasteiger partial charge >= 0.3 is 6.09 Å². The highest BCUT2D eigenvalue weighted by Crippen LogP contribution is 2.33. The van der Waals surface area contributed by atoms with Crippen molar-refractivity contribution in [2.24, 2.45) is 0 Å². The van der Waals surface area contributed by atoms with Gasteiger partial charge in [-0.05, 0) is 32.4 Å². The lowest BCUT2D eigenvalue weighted by atomic mass is 10.1. The minimum absolute atomic E-state index is 0.0904. The van der Waals surface area contributed by atoms with Gasteiger partial charge in [-0.2, -0.15) is 4.98 Å². The van der Waals surface area contributed by atoms with Crippen LogP contribution in [0.15, 0.2) is 12.4 Å². The van der Waals surface area contributed by atoms with Gasteiger partial charge in [0.2, 0.25) is 5.28 Å². The molecule has 1 atom stereocenters. The lowest BCUT2D eigenvalue weighted by Crippen LogP contribution is -2.57. The Morgan fingerprint density at radius 3 is 2.71 bits per heavy atom. The first kappa shape index (κ1) is 20.3. The average molecular weight is 410 g/mol. The van der Waals surface area contributed by atoms with E-state index in [4.69, 9.17) is 21.1 Å². The smallest absolute Gasteiger partial charge is 0.410 e. The first-order valence-electron chi connectivity index (χ1n) is 8.94. The lowest BCUT2D eigenvalue weighted by molar-refractivity contribution is 0.00701. The van der Waals surface area contributed by atoms with Gasteiger partial charge in [-0.3, -0.25) is 9.88 Å².